The summed E-state index contributed by atoms with van der Waals surface area (Å²) < 4.78 is 10.3. The normalized spacial score (nSPS) is 34.1. The highest BCUT2D eigenvalue weighted by Crippen LogP contribution is 2.12. The summed E-state index contributed by atoms with van der Waals surface area (Å²) >= 11 is 0. The number of carbonyl (C=O) groups is 1. The first-order valence-corrected chi connectivity index (χ1v) is 4.96. The van der Waals surface area contributed by atoms with Gasteiger partial charge in [-0.15, -0.1) is 12.4 Å². The van der Waals surface area contributed by atoms with Gasteiger partial charge in [0.15, 0.2) is 0 Å². The third kappa shape index (κ3) is 2.81. The van der Waals surface area contributed by atoms with Gasteiger partial charge < -0.3 is 20.1 Å². The number of hydrogen-bond acceptors (Lipinski definition) is 4. The lowest BCUT2D eigenvalue weighted by Gasteiger charge is -2.27. The Labute approximate surface area is 95.3 Å². The van der Waals surface area contributed by atoms with E-state index in [-0.39, 0.29) is 36.6 Å². The molecule has 0 saturated carbocycles. The molecule has 2 N–H and O–H groups in total. The number of rotatable bonds is 3. The van der Waals surface area contributed by atoms with Gasteiger partial charge in [0.25, 0.3) is 0 Å². The van der Waals surface area contributed by atoms with Gasteiger partial charge in [-0.2, -0.15) is 0 Å². The van der Waals surface area contributed by atoms with Crippen molar-refractivity contribution in [3.63, 3.8) is 0 Å². The molecule has 0 aromatic rings. The molecular formula is C9H17ClN2O3. The van der Waals surface area contributed by atoms with Crippen LogP contribution in [0.4, 0.5) is 0 Å². The predicted molar refractivity (Wildman–Crippen MR) is 57.2 cm³/mol. The summed E-state index contributed by atoms with van der Waals surface area (Å²) in [5, 5.41) is 6.10. The molecular weight excluding hydrogens is 220 g/mol. The first-order chi connectivity index (χ1) is 6.81. The fraction of sp³-hybridized carbons (Fsp3) is 0.889. The van der Waals surface area contributed by atoms with Crippen molar-refractivity contribution in [3.8, 4) is 0 Å². The smallest absolute Gasteiger partial charge is 0.249 e. The molecule has 2 fully saturated rings. The molecule has 88 valence electrons. The number of amides is 1. The molecule has 15 heavy (non-hydrogen) atoms. The van der Waals surface area contributed by atoms with Gasteiger partial charge in [0.1, 0.15) is 6.10 Å². The first kappa shape index (κ1) is 12.7. The molecule has 2 aliphatic heterocycles. The van der Waals surface area contributed by atoms with Crippen molar-refractivity contribution in [3.05, 3.63) is 0 Å². The van der Waals surface area contributed by atoms with Gasteiger partial charge in [-0.1, -0.05) is 0 Å². The van der Waals surface area contributed by atoms with Crippen molar-refractivity contribution in [2.24, 2.45) is 0 Å². The first-order valence-electron chi connectivity index (χ1n) is 4.96. The highest BCUT2D eigenvalue weighted by molar-refractivity contribution is 5.85. The highest BCUT2D eigenvalue weighted by Gasteiger charge is 2.32. The number of nitrogens with one attached hydrogen (secondary N) is 2. The molecule has 6 heteroatoms. The van der Waals surface area contributed by atoms with Crippen molar-refractivity contribution in [2.75, 3.05) is 26.8 Å². The third-order valence-corrected chi connectivity index (χ3v) is 2.78. The molecule has 0 aromatic carbocycles. The second kappa shape index (κ2) is 5.65. The number of methoxy groups -OCH3 is 1. The van der Waals surface area contributed by atoms with E-state index in [1.54, 1.807) is 7.11 Å². The van der Waals surface area contributed by atoms with Crippen LogP contribution >= 0.6 is 12.4 Å². The van der Waals surface area contributed by atoms with Crippen molar-refractivity contribution < 1.29 is 14.3 Å². The number of halogens is 1. The van der Waals surface area contributed by atoms with Gasteiger partial charge in [0.05, 0.1) is 18.8 Å². The van der Waals surface area contributed by atoms with Gasteiger partial charge in [-0.25, -0.2) is 0 Å². The molecule has 1 unspecified atom stereocenters. The summed E-state index contributed by atoms with van der Waals surface area (Å²) in [6.07, 6.45) is 0.691. The molecule has 2 heterocycles. The van der Waals surface area contributed by atoms with Crippen LogP contribution in [0.1, 0.15) is 6.42 Å². The standard InChI is InChI=1S/C9H16N2O3.ClH/c1-13-8-5-10-4-6(8)11-9(12)7-2-3-14-7;/h6-8,10H,2-5H2,1H3,(H,11,12);1H/t6-,7?,8-;/m0./s1. The molecule has 1 amide bonds. The summed E-state index contributed by atoms with van der Waals surface area (Å²) in [6, 6.07) is 0.0803. The van der Waals surface area contributed by atoms with E-state index < -0.39 is 0 Å². The third-order valence-electron chi connectivity index (χ3n) is 2.78. The Morgan fingerprint density at radius 1 is 1.53 bits per heavy atom. The van der Waals surface area contributed by atoms with Crippen LogP contribution in [0.25, 0.3) is 0 Å². The molecule has 0 aliphatic carbocycles. The minimum atomic E-state index is -0.229. The lowest BCUT2D eigenvalue weighted by atomic mass is 10.1. The SMILES string of the molecule is CO[C@H]1CNC[C@@H]1NC(=O)C1CCO1.Cl. The van der Waals surface area contributed by atoms with Gasteiger partial charge in [0.2, 0.25) is 5.91 Å². The van der Waals surface area contributed by atoms with E-state index in [0.717, 1.165) is 19.5 Å². The van der Waals surface area contributed by atoms with E-state index in [9.17, 15) is 4.79 Å². The summed E-state index contributed by atoms with van der Waals surface area (Å²) in [4.78, 5) is 11.5. The van der Waals surface area contributed by atoms with E-state index >= 15 is 0 Å². The van der Waals surface area contributed by atoms with E-state index in [2.05, 4.69) is 10.6 Å². The monoisotopic (exact) mass is 236 g/mol. The molecule has 2 aliphatic rings. The molecule has 3 atom stereocenters. The average molecular weight is 237 g/mol. The summed E-state index contributed by atoms with van der Waals surface area (Å²) in [5.41, 5.74) is 0. The fourth-order valence-electron chi connectivity index (χ4n) is 1.76. The minimum Gasteiger partial charge on any atom is -0.378 e. The van der Waals surface area contributed by atoms with E-state index in [1.165, 1.54) is 0 Å². The van der Waals surface area contributed by atoms with Crippen molar-refractivity contribution in [1.82, 2.24) is 10.6 Å². The summed E-state index contributed by atoms with van der Waals surface area (Å²) in [7, 11) is 1.66. The van der Waals surface area contributed by atoms with Crippen LogP contribution in [0, 0.1) is 0 Å². The van der Waals surface area contributed by atoms with E-state index in [1.807, 2.05) is 0 Å². The molecule has 0 radical (unpaired) electrons. The minimum absolute atomic E-state index is 0. The van der Waals surface area contributed by atoms with Crippen molar-refractivity contribution in [1.29, 1.82) is 0 Å². The Kier molecular flexibility index (Phi) is 4.79. The van der Waals surface area contributed by atoms with Gasteiger partial charge >= 0.3 is 0 Å². The molecule has 2 rings (SSSR count). The van der Waals surface area contributed by atoms with Crippen LogP contribution in [0.15, 0.2) is 0 Å². The van der Waals surface area contributed by atoms with Crippen LogP contribution in [0.3, 0.4) is 0 Å². The maximum absolute atomic E-state index is 11.5. The van der Waals surface area contributed by atoms with Gasteiger partial charge in [-0.3, -0.25) is 4.79 Å². The maximum Gasteiger partial charge on any atom is 0.249 e. The fourth-order valence-corrected chi connectivity index (χ4v) is 1.76. The lowest BCUT2D eigenvalue weighted by Crippen LogP contribution is -2.50. The Balaban J connectivity index is 0.00000112. The van der Waals surface area contributed by atoms with E-state index in [4.69, 9.17) is 9.47 Å². The second-order valence-electron chi connectivity index (χ2n) is 3.70. The number of hydrogen-bond donors (Lipinski definition) is 2. The van der Waals surface area contributed by atoms with Crippen LogP contribution in [-0.4, -0.2) is 51.0 Å². The van der Waals surface area contributed by atoms with Crippen LogP contribution < -0.4 is 10.6 Å². The zero-order chi connectivity index (χ0) is 9.97. The number of ether oxygens (including phenoxy) is 2. The predicted octanol–water partition coefficient (Wildman–Crippen LogP) is -0.700. The zero-order valence-corrected chi connectivity index (χ0v) is 9.51. The Morgan fingerprint density at radius 3 is 2.80 bits per heavy atom. The molecule has 0 aromatic heterocycles. The van der Waals surface area contributed by atoms with Gasteiger partial charge in [0, 0.05) is 26.6 Å². The average Bonchev–Trinajstić information content (AvgIpc) is 2.48. The van der Waals surface area contributed by atoms with Gasteiger partial charge in [-0.05, 0) is 0 Å². The Morgan fingerprint density at radius 2 is 2.27 bits per heavy atom. The van der Waals surface area contributed by atoms with E-state index in [0.29, 0.717) is 6.61 Å². The summed E-state index contributed by atoms with van der Waals surface area (Å²) in [6.45, 7) is 2.28. The molecule has 0 spiro atoms. The second-order valence-corrected chi connectivity index (χ2v) is 3.70. The zero-order valence-electron chi connectivity index (χ0n) is 8.69. The maximum atomic E-state index is 11.5. The quantitative estimate of drug-likeness (QED) is 0.681. The van der Waals surface area contributed by atoms with Crippen molar-refractivity contribution >= 4 is 18.3 Å². The van der Waals surface area contributed by atoms with Crippen LogP contribution in [-0.2, 0) is 14.3 Å². The topological polar surface area (TPSA) is 59.6 Å². The number of carbonyl (C=O) groups excluding carboxylic acids is 1. The molecule has 0 bridgehead atoms. The lowest BCUT2D eigenvalue weighted by molar-refractivity contribution is -0.146. The largest absolute Gasteiger partial charge is 0.378 e. The van der Waals surface area contributed by atoms with Crippen LogP contribution in [0.5, 0.6) is 0 Å². The van der Waals surface area contributed by atoms with Crippen molar-refractivity contribution in [2.45, 2.75) is 24.7 Å². The summed E-state index contributed by atoms with van der Waals surface area (Å²) in [5.74, 6) is -0.00741. The van der Waals surface area contributed by atoms with Crippen LogP contribution in [0.2, 0.25) is 0 Å². The molecule has 5 nitrogen and oxygen atoms in total. The Hall–Kier alpha value is -0.360. The highest BCUT2D eigenvalue weighted by atomic mass is 35.5. The Bertz CT molecular complexity index is 223. The molecule has 2 saturated heterocycles.